The third-order valence-electron chi connectivity index (χ3n) is 8.17. The van der Waals surface area contributed by atoms with E-state index in [0.29, 0.717) is 18.9 Å². The highest BCUT2D eigenvalue weighted by Gasteiger charge is 2.47. The Morgan fingerprint density at radius 3 is 1.97 bits per heavy atom. The van der Waals surface area contributed by atoms with E-state index in [1.165, 1.54) is 76.3 Å². The van der Waals surface area contributed by atoms with Gasteiger partial charge >= 0.3 is 0 Å². The van der Waals surface area contributed by atoms with Crippen LogP contribution in [0.25, 0.3) is 0 Å². The molecule has 0 saturated heterocycles. The summed E-state index contributed by atoms with van der Waals surface area (Å²) < 4.78 is 13.2. The molecule has 5 heteroatoms. The average molecular weight is 442 g/mol. The first-order chi connectivity index (χ1) is 15.6. The quantitative estimate of drug-likeness (QED) is 0.512. The Balaban J connectivity index is 1.43. The number of hydrogen-bond donors (Lipinski definition) is 1. The van der Waals surface area contributed by atoms with Crippen LogP contribution in [0, 0.1) is 17.7 Å². The smallest absolute Gasteiger partial charge is 0.257 e. The predicted molar refractivity (Wildman–Crippen MR) is 128 cm³/mol. The van der Waals surface area contributed by atoms with Crippen LogP contribution in [0.15, 0.2) is 29.3 Å². The van der Waals surface area contributed by atoms with Gasteiger partial charge in [-0.15, -0.1) is 0 Å². The summed E-state index contributed by atoms with van der Waals surface area (Å²) in [6.07, 6.45) is 17.6. The molecule has 1 aliphatic heterocycles. The van der Waals surface area contributed by atoms with Gasteiger partial charge < -0.3 is 5.73 Å². The Kier molecular flexibility index (Phi) is 7.85. The molecule has 1 aromatic rings. The van der Waals surface area contributed by atoms with Gasteiger partial charge in [-0.1, -0.05) is 76.3 Å². The summed E-state index contributed by atoms with van der Waals surface area (Å²) in [5.41, 5.74) is 6.69. The molecule has 1 aromatic carbocycles. The number of rotatable bonds is 9. The molecule has 0 bridgehead atoms. The Hall–Kier alpha value is -1.91. The topological polar surface area (TPSA) is 58.7 Å². The molecule has 1 heterocycles. The van der Waals surface area contributed by atoms with Gasteiger partial charge in [0.1, 0.15) is 11.4 Å². The molecule has 0 spiro atoms. The van der Waals surface area contributed by atoms with E-state index in [1.807, 2.05) is 0 Å². The van der Waals surface area contributed by atoms with Gasteiger partial charge in [0.15, 0.2) is 5.96 Å². The third-order valence-corrected chi connectivity index (χ3v) is 8.17. The molecular weight excluding hydrogens is 401 g/mol. The van der Waals surface area contributed by atoms with Crippen LogP contribution in [0.1, 0.15) is 95.5 Å². The van der Waals surface area contributed by atoms with Crippen molar-refractivity contribution in [3.8, 4) is 0 Å². The largest absolute Gasteiger partial charge is 0.369 e. The molecule has 0 radical (unpaired) electrons. The number of nitrogens with zero attached hydrogens (tertiary/aromatic N) is 2. The van der Waals surface area contributed by atoms with E-state index in [9.17, 15) is 9.18 Å². The summed E-state index contributed by atoms with van der Waals surface area (Å²) in [5, 5.41) is 0. The predicted octanol–water partition coefficient (Wildman–Crippen LogP) is 5.98. The molecule has 2 saturated carbocycles. The Bertz CT molecular complexity index is 757. The first-order valence-corrected chi connectivity index (χ1v) is 13.0. The molecule has 0 aromatic heterocycles. The molecule has 3 aliphatic rings. The first kappa shape index (κ1) is 23.3. The minimum absolute atomic E-state index is 0.101. The van der Waals surface area contributed by atoms with Crippen LogP contribution in [0.5, 0.6) is 0 Å². The number of aliphatic imine (C=N–C) groups is 1. The third kappa shape index (κ3) is 5.71. The lowest BCUT2D eigenvalue weighted by molar-refractivity contribution is -0.132. The zero-order valence-electron chi connectivity index (χ0n) is 19.5. The molecule has 0 atom stereocenters. The van der Waals surface area contributed by atoms with Crippen molar-refractivity contribution >= 4 is 11.9 Å². The number of guanidine groups is 1. The Morgan fingerprint density at radius 1 is 0.906 bits per heavy atom. The van der Waals surface area contributed by atoms with Gasteiger partial charge in [0.25, 0.3) is 5.91 Å². The number of nitrogens with two attached hydrogens (primary N) is 1. The second kappa shape index (κ2) is 10.8. The van der Waals surface area contributed by atoms with Crippen LogP contribution in [-0.2, 0) is 11.2 Å². The molecule has 4 nitrogen and oxygen atoms in total. The van der Waals surface area contributed by atoms with Crippen LogP contribution in [-0.4, -0.2) is 28.9 Å². The highest BCUT2D eigenvalue weighted by atomic mass is 19.1. The van der Waals surface area contributed by atoms with Crippen molar-refractivity contribution in [3.63, 3.8) is 0 Å². The highest BCUT2D eigenvalue weighted by molar-refractivity contribution is 6.06. The van der Waals surface area contributed by atoms with Crippen LogP contribution in [0.3, 0.4) is 0 Å². The van der Waals surface area contributed by atoms with Gasteiger partial charge in [-0.2, -0.15) is 0 Å². The van der Waals surface area contributed by atoms with E-state index >= 15 is 0 Å². The molecule has 2 N–H and O–H groups in total. The summed E-state index contributed by atoms with van der Waals surface area (Å²) >= 11 is 0. The molecule has 4 rings (SSSR count). The Labute approximate surface area is 192 Å². The maximum atomic E-state index is 13.7. The maximum Gasteiger partial charge on any atom is 0.257 e. The van der Waals surface area contributed by atoms with Crippen molar-refractivity contribution in [3.05, 3.63) is 35.6 Å². The van der Waals surface area contributed by atoms with Gasteiger partial charge in [-0.3, -0.25) is 9.69 Å². The van der Waals surface area contributed by atoms with Crippen LogP contribution in [0.4, 0.5) is 4.39 Å². The second-order valence-corrected chi connectivity index (χ2v) is 10.4. The molecular formula is C27H40FN3O. The Morgan fingerprint density at radius 2 is 1.44 bits per heavy atom. The normalized spacial score (nSPS) is 22.3. The lowest BCUT2D eigenvalue weighted by atomic mass is 9.77. The number of hydrogen-bond acceptors (Lipinski definition) is 3. The zero-order valence-corrected chi connectivity index (χ0v) is 19.5. The molecule has 0 unspecified atom stereocenters. The molecule has 1 amide bonds. The fourth-order valence-corrected chi connectivity index (χ4v) is 6.08. The zero-order chi connectivity index (χ0) is 22.4. The van der Waals surface area contributed by atoms with Crippen molar-refractivity contribution in [2.75, 3.05) is 6.54 Å². The SMILES string of the molecule is NC1=NC(CCC2CCCCC2)(CCC2CCCCC2)C(=O)N1CCc1ccc(F)cc1. The van der Waals surface area contributed by atoms with Gasteiger partial charge in [0.05, 0.1) is 0 Å². The van der Waals surface area contributed by atoms with Crippen LogP contribution >= 0.6 is 0 Å². The monoisotopic (exact) mass is 441 g/mol. The highest BCUT2D eigenvalue weighted by Crippen LogP contribution is 2.39. The van der Waals surface area contributed by atoms with Gasteiger partial charge in [0, 0.05) is 6.54 Å². The van der Waals surface area contributed by atoms with E-state index in [2.05, 4.69) is 0 Å². The van der Waals surface area contributed by atoms with Crippen molar-refractivity contribution < 1.29 is 9.18 Å². The van der Waals surface area contributed by atoms with Crippen LogP contribution in [0.2, 0.25) is 0 Å². The van der Waals surface area contributed by atoms with Gasteiger partial charge in [-0.25, -0.2) is 9.38 Å². The van der Waals surface area contributed by atoms with E-state index in [0.717, 1.165) is 43.1 Å². The number of benzene rings is 1. The van der Waals surface area contributed by atoms with E-state index in [-0.39, 0.29) is 11.7 Å². The maximum absolute atomic E-state index is 13.7. The summed E-state index contributed by atoms with van der Waals surface area (Å²) in [6.45, 7) is 0.508. The van der Waals surface area contributed by atoms with E-state index in [1.54, 1.807) is 17.0 Å². The molecule has 2 aliphatic carbocycles. The number of amides is 1. The summed E-state index contributed by atoms with van der Waals surface area (Å²) in [6, 6.07) is 6.50. The minimum Gasteiger partial charge on any atom is -0.369 e. The average Bonchev–Trinajstić information content (AvgIpc) is 3.07. The first-order valence-electron chi connectivity index (χ1n) is 13.0. The lowest BCUT2D eigenvalue weighted by Crippen LogP contribution is -2.45. The molecule has 32 heavy (non-hydrogen) atoms. The van der Waals surface area contributed by atoms with Crippen molar-refractivity contribution in [1.82, 2.24) is 4.90 Å². The van der Waals surface area contributed by atoms with Crippen LogP contribution < -0.4 is 5.73 Å². The van der Waals surface area contributed by atoms with E-state index < -0.39 is 5.54 Å². The van der Waals surface area contributed by atoms with Gasteiger partial charge in [-0.05, 0) is 61.6 Å². The standard InChI is InChI=1S/C27H40FN3O/c28-24-13-11-23(12-14-24)17-20-31-25(32)27(30-26(31)29,18-15-21-7-3-1-4-8-21)19-16-22-9-5-2-6-10-22/h11-14,21-22H,1-10,15-20H2,(H2,29,30). The fourth-order valence-electron chi connectivity index (χ4n) is 6.08. The number of carbonyl (C=O) groups is 1. The van der Waals surface area contributed by atoms with Gasteiger partial charge in [0.2, 0.25) is 0 Å². The summed E-state index contributed by atoms with van der Waals surface area (Å²) in [4.78, 5) is 20.3. The summed E-state index contributed by atoms with van der Waals surface area (Å²) in [5.74, 6) is 1.70. The summed E-state index contributed by atoms with van der Waals surface area (Å²) in [7, 11) is 0. The van der Waals surface area contributed by atoms with Crippen molar-refractivity contribution in [1.29, 1.82) is 0 Å². The fraction of sp³-hybridized carbons (Fsp3) is 0.704. The molecule has 2 fully saturated rings. The lowest BCUT2D eigenvalue weighted by Gasteiger charge is -2.31. The number of carbonyl (C=O) groups excluding carboxylic acids is 1. The van der Waals surface area contributed by atoms with E-state index in [4.69, 9.17) is 10.7 Å². The van der Waals surface area contributed by atoms with Crippen molar-refractivity contribution in [2.24, 2.45) is 22.6 Å². The minimum atomic E-state index is -0.665. The van der Waals surface area contributed by atoms with Crippen molar-refractivity contribution in [2.45, 2.75) is 102 Å². The number of halogens is 1. The second-order valence-electron chi connectivity index (χ2n) is 10.4. The molecule has 176 valence electrons.